The third-order valence-corrected chi connectivity index (χ3v) is 16.7. The van der Waals surface area contributed by atoms with Crippen LogP contribution in [0.4, 0.5) is 0 Å². The summed E-state index contributed by atoms with van der Waals surface area (Å²) in [6, 6.07) is 0. The van der Waals surface area contributed by atoms with E-state index in [-0.39, 0.29) is 25.7 Å². The highest BCUT2D eigenvalue weighted by molar-refractivity contribution is 7.47. The van der Waals surface area contributed by atoms with Crippen LogP contribution >= 0.6 is 15.6 Å². The van der Waals surface area contributed by atoms with Gasteiger partial charge in [-0.2, -0.15) is 0 Å². The van der Waals surface area contributed by atoms with Gasteiger partial charge in [0.1, 0.15) is 19.3 Å². The second-order valence-electron chi connectivity index (χ2n) is 25.4. The van der Waals surface area contributed by atoms with Crippen molar-refractivity contribution in [2.24, 2.45) is 23.7 Å². The third kappa shape index (κ3) is 59.0. The minimum Gasteiger partial charge on any atom is -0.462 e. The molecule has 0 aliphatic rings. The van der Waals surface area contributed by atoms with Crippen LogP contribution in [0.1, 0.15) is 312 Å². The van der Waals surface area contributed by atoms with Crippen molar-refractivity contribution in [1.29, 1.82) is 0 Å². The molecule has 0 aliphatic carbocycles. The maximum Gasteiger partial charge on any atom is 0.472 e. The van der Waals surface area contributed by atoms with Crippen molar-refractivity contribution in [3.05, 3.63) is 0 Å². The van der Waals surface area contributed by atoms with E-state index in [0.717, 1.165) is 108 Å². The van der Waals surface area contributed by atoms with Crippen molar-refractivity contribution in [2.75, 3.05) is 39.6 Å². The van der Waals surface area contributed by atoms with E-state index in [0.29, 0.717) is 31.6 Å². The Hall–Kier alpha value is -1.94. The second kappa shape index (κ2) is 55.2. The number of unbranched alkanes of at least 4 members (excludes halogenated alkanes) is 28. The number of carbonyl (C=O) groups is 4. The zero-order valence-electron chi connectivity index (χ0n) is 54.5. The van der Waals surface area contributed by atoms with Crippen molar-refractivity contribution >= 4 is 39.5 Å². The molecular formula is C65H126O17P2. The maximum atomic E-state index is 13.0. The second-order valence-corrected chi connectivity index (χ2v) is 28.3. The molecule has 0 aromatic rings. The molecule has 19 heteroatoms. The van der Waals surface area contributed by atoms with Gasteiger partial charge in [0.25, 0.3) is 0 Å². The lowest BCUT2D eigenvalue weighted by molar-refractivity contribution is -0.161. The number of rotatable bonds is 62. The van der Waals surface area contributed by atoms with Gasteiger partial charge in [0.15, 0.2) is 12.2 Å². The van der Waals surface area contributed by atoms with E-state index in [9.17, 15) is 43.2 Å². The molecule has 0 aromatic carbocycles. The van der Waals surface area contributed by atoms with Crippen LogP contribution in [0.25, 0.3) is 0 Å². The summed E-state index contributed by atoms with van der Waals surface area (Å²) in [5, 5.41) is 10.5. The third-order valence-electron chi connectivity index (χ3n) is 14.8. The summed E-state index contributed by atoms with van der Waals surface area (Å²) in [6.45, 7) is 13.9. The lowest BCUT2D eigenvalue weighted by Crippen LogP contribution is -2.30. The van der Waals surface area contributed by atoms with E-state index < -0.39 is 97.5 Å². The van der Waals surface area contributed by atoms with Crippen LogP contribution < -0.4 is 0 Å². The van der Waals surface area contributed by atoms with Crippen molar-refractivity contribution in [3.63, 3.8) is 0 Å². The number of ether oxygens (including phenoxy) is 4. The topological polar surface area (TPSA) is 237 Å². The molecule has 84 heavy (non-hydrogen) atoms. The summed E-state index contributed by atoms with van der Waals surface area (Å²) in [4.78, 5) is 72.2. The van der Waals surface area contributed by atoms with Crippen LogP contribution in [-0.4, -0.2) is 96.7 Å². The average Bonchev–Trinajstić information content (AvgIpc) is 3.45. The molecule has 0 aliphatic heterocycles. The number of aliphatic hydroxyl groups excluding tert-OH is 1. The molecule has 0 aromatic heterocycles. The van der Waals surface area contributed by atoms with Crippen LogP contribution in [0.15, 0.2) is 0 Å². The zero-order chi connectivity index (χ0) is 62.5. The van der Waals surface area contributed by atoms with Crippen LogP contribution in [0.5, 0.6) is 0 Å². The number of carbonyl (C=O) groups excluding carboxylic acids is 4. The Morgan fingerprint density at radius 3 is 0.738 bits per heavy atom. The lowest BCUT2D eigenvalue weighted by atomic mass is 10.0. The van der Waals surface area contributed by atoms with Crippen LogP contribution in [0.2, 0.25) is 0 Å². The Morgan fingerprint density at radius 2 is 0.500 bits per heavy atom. The molecule has 0 fully saturated rings. The Balaban J connectivity index is 5.24. The van der Waals surface area contributed by atoms with Crippen molar-refractivity contribution in [1.82, 2.24) is 0 Å². The van der Waals surface area contributed by atoms with E-state index in [1.807, 2.05) is 0 Å². The molecular weight excluding hydrogens is 1110 g/mol. The molecule has 0 amide bonds. The largest absolute Gasteiger partial charge is 0.472 e. The highest BCUT2D eigenvalue weighted by atomic mass is 31.2. The standard InChI is InChI=1S/C65H126O17P2/c1-55(2)41-33-25-17-11-9-10-12-20-29-37-45-62(67)75-51-60(81-64(69)47-39-31-22-16-14-19-27-35-43-57(5)6)53-79-83(71,72)77-49-59(66)50-78-84(73,74)80-54-61(82-65(70)48-40-32-24-23-28-36-44-58(7)8)52-76-63(68)46-38-30-21-15-13-18-26-34-42-56(3)4/h55-61,66H,9-54H2,1-8H3,(H,71,72)(H,73,74)/t59?,60-,61-/m1/s1. The fourth-order valence-electron chi connectivity index (χ4n) is 9.61. The SMILES string of the molecule is CC(C)CCCCCCCCCCCCC(=O)OC[C@H](COP(=O)(O)OCC(O)COP(=O)(O)OC[C@@H](COC(=O)CCCCCCCCCCC(C)C)OC(=O)CCCCCCCCC(C)C)OC(=O)CCCCCCCCCCC(C)C. The average molecular weight is 1240 g/mol. The molecule has 3 unspecified atom stereocenters. The molecule has 0 radical (unpaired) electrons. The summed E-state index contributed by atoms with van der Waals surface area (Å²) in [6.07, 6.45) is 35.1. The number of aliphatic hydroxyl groups is 1. The first-order valence-electron chi connectivity index (χ1n) is 33.7. The Kier molecular flexibility index (Phi) is 53.9. The van der Waals surface area contributed by atoms with Crippen molar-refractivity contribution in [3.8, 4) is 0 Å². The van der Waals surface area contributed by atoms with Crippen molar-refractivity contribution < 1.29 is 80.2 Å². The predicted octanol–water partition coefficient (Wildman–Crippen LogP) is 17.8. The first kappa shape index (κ1) is 82.1. The molecule has 3 N–H and O–H groups in total. The van der Waals surface area contributed by atoms with Gasteiger partial charge in [-0.05, 0) is 49.4 Å². The summed E-state index contributed by atoms with van der Waals surface area (Å²) in [5.41, 5.74) is 0. The van der Waals surface area contributed by atoms with E-state index in [2.05, 4.69) is 55.4 Å². The normalized spacial score (nSPS) is 14.4. The Bertz CT molecular complexity index is 1680. The van der Waals surface area contributed by atoms with Gasteiger partial charge in [0.05, 0.1) is 26.4 Å². The summed E-state index contributed by atoms with van der Waals surface area (Å²) < 4.78 is 68.0. The highest BCUT2D eigenvalue weighted by Gasteiger charge is 2.30. The summed E-state index contributed by atoms with van der Waals surface area (Å²) >= 11 is 0. The van der Waals surface area contributed by atoms with E-state index in [1.165, 1.54) is 116 Å². The number of esters is 4. The maximum absolute atomic E-state index is 13.0. The van der Waals surface area contributed by atoms with Gasteiger partial charge < -0.3 is 33.8 Å². The van der Waals surface area contributed by atoms with Gasteiger partial charge in [-0.3, -0.25) is 37.3 Å². The first-order valence-corrected chi connectivity index (χ1v) is 36.7. The van der Waals surface area contributed by atoms with Gasteiger partial charge in [-0.25, -0.2) is 9.13 Å². The van der Waals surface area contributed by atoms with E-state index in [1.54, 1.807) is 0 Å². The van der Waals surface area contributed by atoms with Crippen molar-refractivity contribution in [2.45, 2.75) is 331 Å². The number of phosphoric ester groups is 2. The summed E-state index contributed by atoms with van der Waals surface area (Å²) in [5.74, 6) is 0.730. The van der Waals surface area contributed by atoms with Gasteiger partial charge in [0.2, 0.25) is 0 Å². The fraction of sp³-hybridized carbons (Fsp3) is 0.938. The molecule has 0 spiro atoms. The van der Waals surface area contributed by atoms with Gasteiger partial charge >= 0.3 is 39.5 Å². The smallest absolute Gasteiger partial charge is 0.462 e. The quantitative estimate of drug-likeness (QED) is 0.0222. The molecule has 498 valence electrons. The molecule has 0 heterocycles. The van der Waals surface area contributed by atoms with Crippen LogP contribution in [0, 0.1) is 23.7 Å². The number of phosphoric acid groups is 2. The molecule has 0 saturated carbocycles. The van der Waals surface area contributed by atoms with Gasteiger partial charge in [-0.15, -0.1) is 0 Å². The lowest BCUT2D eigenvalue weighted by Gasteiger charge is -2.21. The molecule has 0 bridgehead atoms. The van der Waals surface area contributed by atoms with Gasteiger partial charge in [0, 0.05) is 25.7 Å². The molecule has 5 atom stereocenters. The van der Waals surface area contributed by atoms with Crippen LogP contribution in [0.3, 0.4) is 0 Å². The van der Waals surface area contributed by atoms with Crippen LogP contribution in [-0.2, 0) is 65.4 Å². The molecule has 0 rings (SSSR count). The minimum absolute atomic E-state index is 0.101. The minimum atomic E-state index is -4.95. The molecule has 17 nitrogen and oxygen atoms in total. The number of hydrogen-bond acceptors (Lipinski definition) is 15. The number of hydrogen-bond donors (Lipinski definition) is 3. The fourth-order valence-corrected chi connectivity index (χ4v) is 11.2. The predicted molar refractivity (Wildman–Crippen MR) is 335 cm³/mol. The highest BCUT2D eigenvalue weighted by Crippen LogP contribution is 2.45. The Labute approximate surface area is 511 Å². The summed E-state index contributed by atoms with van der Waals surface area (Å²) in [7, 11) is -9.89. The van der Waals surface area contributed by atoms with E-state index in [4.69, 9.17) is 37.0 Å². The molecule has 0 saturated heterocycles. The van der Waals surface area contributed by atoms with Gasteiger partial charge in [-0.1, -0.05) is 261 Å². The van der Waals surface area contributed by atoms with E-state index >= 15 is 0 Å². The Morgan fingerprint density at radius 1 is 0.298 bits per heavy atom. The zero-order valence-corrected chi connectivity index (χ0v) is 56.3. The first-order chi connectivity index (χ1) is 40.1. The monoisotopic (exact) mass is 1240 g/mol.